The topological polar surface area (TPSA) is 17.1 Å². The summed E-state index contributed by atoms with van der Waals surface area (Å²) >= 11 is 0. The first-order chi connectivity index (χ1) is 10.4. The molecular formula is C20H28O. The highest BCUT2D eigenvalue weighted by Crippen LogP contribution is 1.97. The van der Waals surface area contributed by atoms with E-state index in [0.29, 0.717) is 0 Å². The Kier molecular flexibility index (Phi) is 16.5. The van der Waals surface area contributed by atoms with Gasteiger partial charge in [0.15, 0.2) is 0 Å². The van der Waals surface area contributed by atoms with Gasteiger partial charge in [0.05, 0.1) is 0 Å². The summed E-state index contributed by atoms with van der Waals surface area (Å²) in [6, 6.07) is 0. The molecule has 0 radical (unpaired) electrons. The molecular weight excluding hydrogens is 256 g/mol. The SMILES string of the molecule is CC/C=C\C/C=C\C/C=C\C/C=C\CC/C=C/C=C/C=O. The Morgan fingerprint density at radius 3 is 1.67 bits per heavy atom. The minimum absolute atomic E-state index is 0.785. The molecule has 1 heteroatoms. The fourth-order valence-electron chi connectivity index (χ4n) is 1.57. The summed E-state index contributed by atoms with van der Waals surface area (Å²) in [5.41, 5.74) is 0. The van der Waals surface area contributed by atoms with Crippen LogP contribution in [-0.2, 0) is 4.79 Å². The predicted molar refractivity (Wildman–Crippen MR) is 94.3 cm³/mol. The maximum atomic E-state index is 10.0. The molecule has 0 unspecified atom stereocenters. The molecule has 0 rings (SSSR count). The second kappa shape index (κ2) is 18.1. The van der Waals surface area contributed by atoms with E-state index in [9.17, 15) is 4.79 Å². The van der Waals surface area contributed by atoms with Crippen LogP contribution in [0.5, 0.6) is 0 Å². The van der Waals surface area contributed by atoms with Crippen LogP contribution in [0.2, 0.25) is 0 Å². The first-order valence-electron chi connectivity index (χ1n) is 7.78. The first-order valence-corrected chi connectivity index (χ1v) is 7.78. The molecule has 0 amide bonds. The van der Waals surface area contributed by atoms with E-state index in [1.54, 1.807) is 6.08 Å². The molecule has 0 fully saturated rings. The summed E-state index contributed by atoms with van der Waals surface area (Å²) in [6.45, 7) is 2.15. The minimum atomic E-state index is 0.785. The van der Waals surface area contributed by atoms with Crippen LogP contribution in [0.25, 0.3) is 0 Å². The van der Waals surface area contributed by atoms with E-state index < -0.39 is 0 Å². The van der Waals surface area contributed by atoms with Gasteiger partial charge in [-0.2, -0.15) is 0 Å². The van der Waals surface area contributed by atoms with Gasteiger partial charge < -0.3 is 0 Å². The van der Waals surface area contributed by atoms with Gasteiger partial charge in [-0.15, -0.1) is 0 Å². The number of hydrogen-bond donors (Lipinski definition) is 0. The average Bonchev–Trinajstić information content (AvgIpc) is 2.50. The third-order valence-electron chi connectivity index (χ3n) is 2.66. The van der Waals surface area contributed by atoms with Gasteiger partial charge in [0.25, 0.3) is 0 Å². The smallest absolute Gasteiger partial charge is 0.142 e. The fourth-order valence-corrected chi connectivity index (χ4v) is 1.57. The molecule has 0 spiro atoms. The summed E-state index contributed by atoms with van der Waals surface area (Å²) in [5.74, 6) is 0. The van der Waals surface area contributed by atoms with Crippen molar-refractivity contribution in [1.82, 2.24) is 0 Å². The highest BCUT2D eigenvalue weighted by molar-refractivity contribution is 5.65. The second-order valence-corrected chi connectivity index (χ2v) is 4.53. The van der Waals surface area contributed by atoms with Crippen molar-refractivity contribution in [3.63, 3.8) is 0 Å². The molecule has 0 aliphatic heterocycles. The predicted octanol–water partition coefficient (Wildman–Crippen LogP) is 5.88. The van der Waals surface area contributed by atoms with Gasteiger partial charge in [0.2, 0.25) is 0 Å². The van der Waals surface area contributed by atoms with Crippen LogP contribution in [0.4, 0.5) is 0 Å². The highest BCUT2D eigenvalue weighted by atomic mass is 16.1. The standard InChI is InChI=1S/C20H28O/c1-2-3-4-5-6-7-8-9-10-11-12-13-14-15-16-17-18-19-20-21/h3-4,6-7,9-10,12-13,16-20H,2,5,8,11,14-15H2,1H3/b4-3-,7-6-,10-9-,13-12-,17-16+,19-18+. The summed E-state index contributed by atoms with van der Waals surface area (Å²) in [7, 11) is 0. The molecule has 114 valence electrons. The third kappa shape index (κ3) is 18.1. The lowest BCUT2D eigenvalue weighted by Crippen LogP contribution is -1.66. The molecule has 0 atom stereocenters. The third-order valence-corrected chi connectivity index (χ3v) is 2.66. The molecule has 0 aliphatic carbocycles. The van der Waals surface area contributed by atoms with E-state index in [1.165, 1.54) is 6.08 Å². The Morgan fingerprint density at radius 1 is 0.571 bits per heavy atom. The van der Waals surface area contributed by atoms with E-state index in [1.807, 2.05) is 6.08 Å². The van der Waals surface area contributed by atoms with Crippen molar-refractivity contribution in [1.29, 1.82) is 0 Å². The molecule has 0 aliphatic rings. The number of carbonyl (C=O) groups excluding carboxylic acids is 1. The molecule has 0 N–H and O–H groups in total. The van der Waals surface area contributed by atoms with Crippen molar-refractivity contribution in [2.45, 2.75) is 45.4 Å². The van der Waals surface area contributed by atoms with E-state index in [0.717, 1.165) is 44.8 Å². The van der Waals surface area contributed by atoms with Gasteiger partial charge in [0, 0.05) is 0 Å². The Morgan fingerprint density at radius 2 is 1.10 bits per heavy atom. The van der Waals surface area contributed by atoms with Gasteiger partial charge in [-0.25, -0.2) is 0 Å². The highest BCUT2D eigenvalue weighted by Gasteiger charge is 1.77. The summed E-state index contributed by atoms with van der Waals surface area (Å²) in [6.07, 6.45) is 31.8. The quantitative estimate of drug-likeness (QED) is 0.144. The number of rotatable bonds is 12. The van der Waals surface area contributed by atoms with E-state index in [4.69, 9.17) is 0 Å². The molecule has 21 heavy (non-hydrogen) atoms. The molecule has 0 saturated carbocycles. The Bertz CT molecular complexity index is 392. The Labute approximate surface area is 130 Å². The van der Waals surface area contributed by atoms with E-state index in [-0.39, 0.29) is 0 Å². The zero-order chi connectivity index (χ0) is 15.4. The van der Waals surface area contributed by atoms with Crippen molar-refractivity contribution in [2.24, 2.45) is 0 Å². The number of carbonyl (C=O) groups is 1. The van der Waals surface area contributed by atoms with Crippen LogP contribution in [-0.4, -0.2) is 6.29 Å². The molecule has 0 heterocycles. The normalized spacial score (nSPS) is 13.2. The monoisotopic (exact) mass is 284 g/mol. The maximum absolute atomic E-state index is 10.0. The lowest BCUT2D eigenvalue weighted by atomic mass is 10.2. The van der Waals surface area contributed by atoms with Crippen LogP contribution in [0.3, 0.4) is 0 Å². The van der Waals surface area contributed by atoms with E-state index >= 15 is 0 Å². The van der Waals surface area contributed by atoms with Crippen molar-refractivity contribution in [3.05, 3.63) is 72.9 Å². The van der Waals surface area contributed by atoms with Crippen LogP contribution in [0, 0.1) is 0 Å². The minimum Gasteiger partial charge on any atom is -0.299 e. The van der Waals surface area contributed by atoms with Gasteiger partial charge in [-0.05, 0) is 44.6 Å². The molecule has 0 saturated heterocycles. The fraction of sp³-hybridized carbons (Fsp3) is 0.350. The van der Waals surface area contributed by atoms with Crippen LogP contribution >= 0.6 is 0 Å². The molecule has 0 aromatic rings. The van der Waals surface area contributed by atoms with Gasteiger partial charge in [-0.3, -0.25) is 4.79 Å². The number of aldehydes is 1. The maximum Gasteiger partial charge on any atom is 0.142 e. The molecule has 1 nitrogen and oxygen atoms in total. The summed E-state index contributed by atoms with van der Waals surface area (Å²) in [5, 5.41) is 0. The van der Waals surface area contributed by atoms with Crippen LogP contribution in [0.15, 0.2) is 72.9 Å². The first kappa shape index (κ1) is 19.1. The lowest BCUT2D eigenvalue weighted by Gasteiger charge is -1.86. The van der Waals surface area contributed by atoms with Gasteiger partial charge >= 0.3 is 0 Å². The van der Waals surface area contributed by atoms with Crippen LogP contribution < -0.4 is 0 Å². The summed E-state index contributed by atoms with van der Waals surface area (Å²) in [4.78, 5) is 10.0. The zero-order valence-electron chi connectivity index (χ0n) is 13.2. The van der Waals surface area contributed by atoms with Crippen LogP contribution in [0.1, 0.15) is 45.4 Å². The molecule has 0 aromatic heterocycles. The van der Waals surface area contributed by atoms with Gasteiger partial charge in [0.1, 0.15) is 6.29 Å². The number of unbranched alkanes of at least 4 members (excludes halogenated alkanes) is 1. The van der Waals surface area contributed by atoms with Crippen molar-refractivity contribution < 1.29 is 4.79 Å². The largest absolute Gasteiger partial charge is 0.299 e. The van der Waals surface area contributed by atoms with Crippen molar-refractivity contribution in [2.75, 3.05) is 0 Å². The zero-order valence-corrected chi connectivity index (χ0v) is 13.2. The van der Waals surface area contributed by atoms with E-state index in [2.05, 4.69) is 61.6 Å². The molecule has 0 aromatic carbocycles. The molecule has 0 bridgehead atoms. The number of hydrogen-bond acceptors (Lipinski definition) is 1. The Hall–Kier alpha value is -1.89. The lowest BCUT2D eigenvalue weighted by molar-refractivity contribution is -0.104. The second-order valence-electron chi connectivity index (χ2n) is 4.53. The van der Waals surface area contributed by atoms with Crippen molar-refractivity contribution in [3.8, 4) is 0 Å². The van der Waals surface area contributed by atoms with Gasteiger partial charge in [-0.1, -0.05) is 73.8 Å². The average molecular weight is 284 g/mol. The summed E-state index contributed by atoms with van der Waals surface area (Å²) < 4.78 is 0. The van der Waals surface area contributed by atoms with Crippen molar-refractivity contribution >= 4 is 6.29 Å². The Balaban J connectivity index is 3.48. The number of allylic oxidation sites excluding steroid dienone is 12.